The number of hydrogen-bond acceptors (Lipinski definition) is 8. The highest BCUT2D eigenvalue weighted by atomic mass is 33.1. The standard InChI is InChI=1S/C16H14O4S6/c17-25(18,11-13-7-3-1-4-8-13)15(21)23-24-16(22)26(19,20)12-14-9-5-2-6-10-14/h1-10H,11-12H2. The predicted molar refractivity (Wildman–Crippen MR) is 119 cm³/mol. The molecule has 0 aliphatic carbocycles. The predicted octanol–water partition coefficient (Wildman–Crippen LogP) is 4.17. The van der Waals surface area contributed by atoms with E-state index >= 15 is 0 Å². The molecule has 0 amide bonds. The van der Waals surface area contributed by atoms with Crippen LogP contribution in [0.4, 0.5) is 0 Å². The van der Waals surface area contributed by atoms with E-state index in [1.807, 2.05) is 0 Å². The van der Waals surface area contributed by atoms with Gasteiger partial charge >= 0.3 is 0 Å². The van der Waals surface area contributed by atoms with Crippen LogP contribution in [0.25, 0.3) is 0 Å². The molecular weight excluding hydrogens is 449 g/mol. The summed E-state index contributed by atoms with van der Waals surface area (Å²) < 4.78 is 48.6. The van der Waals surface area contributed by atoms with E-state index in [2.05, 4.69) is 0 Å². The highest BCUT2D eigenvalue weighted by Crippen LogP contribution is 2.32. The second kappa shape index (κ2) is 9.43. The van der Waals surface area contributed by atoms with Crippen LogP contribution in [0.1, 0.15) is 11.1 Å². The van der Waals surface area contributed by atoms with Crippen LogP contribution in [0.2, 0.25) is 0 Å². The van der Waals surface area contributed by atoms with Gasteiger partial charge in [0, 0.05) is 0 Å². The van der Waals surface area contributed by atoms with E-state index in [1.165, 1.54) is 0 Å². The highest BCUT2D eigenvalue weighted by molar-refractivity contribution is 8.95. The molecule has 0 unspecified atom stereocenters. The summed E-state index contributed by atoms with van der Waals surface area (Å²) >= 11 is 9.92. The van der Waals surface area contributed by atoms with Gasteiger partial charge in [-0.1, -0.05) is 85.1 Å². The van der Waals surface area contributed by atoms with E-state index in [1.54, 1.807) is 60.7 Å². The van der Waals surface area contributed by atoms with Crippen molar-refractivity contribution in [3.8, 4) is 0 Å². The average Bonchev–Trinajstić information content (AvgIpc) is 2.60. The molecule has 2 aromatic carbocycles. The molecule has 2 aromatic rings. The lowest BCUT2D eigenvalue weighted by molar-refractivity contribution is 0.605. The van der Waals surface area contributed by atoms with Crippen molar-refractivity contribution in [2.75, 3.05) is 0 Å². The van der Waals surface area contributed by atoms with Gasteiger partial charge < -0.3 is 0 Å². The molecule has 138 valence electrons. The molecule has 0 saturated heterocycles. The van der Waals surface area contributed by atoms with Crippen molar-refractivity contribution in [1.29, 1.82) is 0 Å². The van der Waals surface area contributed by atoms with Crippen molar-refractivity contribution < 1.29 is 16.8 Å². The summed E-state index contributed by atoms with van der Waals surface area (Å²) in [6.07, 6.45) is 0. The van der Waals surface area contributed by atoms with E-state index in [0.29, 0.717) is 32.7 Å². The summed E-state index contributed by atoms with van der Waals surface area (Å²) in [6.45, 7) is 0. The van der Waals surface area contributed by atoms with Gasteiger partial charge in [-0.25, -0.2) is 16.8 Å². The van der Waals surface area contributed by atoms with Crippen LogP contribution in [0.15, 0.2) is 60.7 Å². The van der Waals surface area contributed by atoms with E-state index in [0.717, 1.165) is 0 Å². The normalized spacial score (nSPS) is 11.8. The van der Waals surface area contributed by atoms with Crippen molar-refractivity contribution in [3.63, 3.8) is 0 Å². The van der Waals surface area contributed by atoms with Crippen LogP contribution in [0, 0.1) is 0 Å². The Morgan fingerprint density at radius 3 is 1.27 bits per heavy atom. The summed E-state index contributed by atoms with van der Waals surface area (Å²) in [5, 5.41) is 0. The summed E-state index contributed by atoms with van der Waals surface area (Å²) in [6, 6.07) is 17.3. The molecule has 26 heavy (non-hydrogen) atoms. The topological polar surface area (TPSA) is 68.3 Å². The van der Waals surface area contributed by atoms with Gasteiger partial charge in [-0.2, -0.15) is 0 Å². The van der Waals surface area contributed by atoms with Gasteiger partial charge in [-0.15, -0.1) is 0 Å². The lowest BCUT2D eigenvalue weighted by atomic mass is 10.2. The monoisotopic (exact) mass is 462 g/mol. The Morgan fingerprint density at radius 2 is 0.962 bits per heavy atom. The minimum absolute atomic E-state index is 0.232. The maximum atomic E-state index is 12.3. The lowest BCUT2D eigenvalue weighted by Gasteiger charge is -2.07. The smallest absolute Gasteiger partial charge is 0.199 e. The first kappa shape index (κ1) is 21.5. The van der Waals surface area contributed by atoms with Crippen LogP contribution >= 0.6 is 46.0 Å². The van der Waals surface area contributed by atoms with Gasteiger partial charge in [-0.3, -0.25) is 0 Å². The third-order valence-corrected chi connectivity index (χ3v) is 12.4. The number of hydrogen-bond donors (Lipinski definition) is 0. The summed E-state index contributed by atoms with van der Waals surface area (Å²) in [5.41, 5.74) is 1.22. The molecule has 2 rings (SSSR count). The highest BCUT2D eigenvalue weighted by Gasteiger charge is 2.24. The fourth-order valence-electron chi connectivity index (χ4n) is 1.88. The summed E-state index contributed by atoms with van der Waals surface area (Å²) in [7, 11) is -6.01. The average molecular weight is 463 g/mol. The third-order valence-electron chi connectivity index (χ3n) is 3.08. The molecular formula is C16H14O4S6. The molecule has 0 bridgehead atoms. The Morgan fingerprint density at radius 1 is 0.654 bits per heavy atom. The zero-order valence-electron chi connectivity index (χ0n) is 13.3. The lowest BCUT2D eigenvalue weighted by Crippen LogP contribution is -2.14. The second-order valence-corrected chi connectivity index (χ2v) is 13.5. The van der Waals surface area contributed by atoms with Crippen molar-refractivity contribution in [1.82, 2.24) is 0 Å². The minimum Gasteiger partial charge on any atom is -0.222 e. The fraction of sp³-hybridized carbons (Fsp3) is 0.125. The molecule has 0 heterocycles. The van der Waals surface area contributed by atoms with Crippen LogP contribution in [0.3, 0.4) is 0 Å². The molecule has 0 atom stereocenters. The largest absolute Gasteiger partial charge is 0.222 e. The van der Waals surface area contributed by atoms with Crippen LogP contribution in [-0.2, 0) is 31.2 Å². The number of sulfone groups is 2. The summed E-state index contributed by atoms with van der Waals surface area (Å²) in [5.74, 6) is -0.465. The van der Waals surface area contributed by atoms with Crippen LogP contribution in [0.5, 0.6) is 0 Å². The quantitative estimate of drug-likeness (QED) is 0.495. The van der Waals surface area contributed by atoms with Gasteiger partial charge in [0.15, 0.2) is 26.7 Å². The SMILES string of the molecule is O=S(=O)(Cc1ccccc1)C(=S)SSC(=S)S(=O)(=O)Cc1ccccc1. The number of benzene rings is 2. The van der Waals surface area contributed by atoms with E-state index in [-0.39, 0.29) is 18.6 Å². The Hall–Kier alpha value is -0.780. The van der Waals surface area contributed by atoms with Gasteiger partial charge in [0.1, 0.15) is 0 Å². The maximum absolute atomic E-state index is 12.3. The van der Waals surface area contributed by atoms with E-state index in [4.69, 9.17) is 24.4 Å². The van der Waals surface area contributed by atoms with E-state index in [9.17, 15) is 16.8 Å². The van der Waals surface area contributed by atoms with Gasteiger partial charge in [0.25, 0.3) is 0 Å². The van der Waals surface area contributed by atoms with Crippen LogP contribution in [-0.4, -0.2) is 23.9 Å². The van der Waals surface area contributed by atoms with Crippen molar-refractivity contribution in [3.05, 3.63) is 71.8 Å². The molecule has 0 aliphatic rings. The molecule has 0 N–H and O–H groups in total. The second-order valence-electron chi connectivity index (χ2n) is 5.16. The van der Waals surface area contributed by atoms with Crippen molar-refractivity contribution in [2.45, 2.75) is 11.5 Å². The first-order valence-corrected chi connectivity index (χ1v) is 13.4. The van der Waals surface area contributed by atoms with Crippen molar-refractivity contribution >= 4 is 72.8 Å². The molecule has 0 saturated carbocycles. The Balaban J connectivity index is 1.96. The third kappa shape index (κ3) is 6.43. The van der Waals surface area contributed by atoms with Gasteiger partial charge in [0.2, 0.25) is 0 Å². The maximum Gasteiger partial charge on any atom is 0.199 e. The Labute approximate surface area is 172 Å². The molecule has 4 nitrogen and oxygen atoms in total. The molecule has 0 spiro atoms. The van der Waals surface area contributed by atoms with Gasteiger partial charge in [0.05, 0.1) is 11.5 Å². The zero-order valence-corrected chi connectivity index (χ0v) is 18.2. The number of thiocarbonyl (C=S) groups is 2. The zero-order chi connectivity index (χ0) is 19.2. The van der Waals surface area contributed by atoms with E-state index < -0.39 is 19.7 Å². The molecule has 0 radical (unpaired) electrons. The minimum atomic E-state index is -3.69. The van der Waals surface area contributed by atoms with Crippen LogP contribution < -0.4 is 0 Å². The molecule has 0 fully saturated rings. The Kier molecular flexibility index (Phi) is 7.80. The van der Waals surface area contributed by atoms with Crippen molar-refractivity contribution in [2.24, 2.45) is 0 Å². The molecule has 10 heteroatoms. The first-order chi connectivity index (χ1) is 12.2. The Bertz CT molecular complexity index is 900. The van der Waals surface area contributed by atoms with Gasteiger partial charge in [-0.05, 0) is 32.7 Å². The fourth-order valence-corrected chi connectivity index (χ4v) is 8.55. The number of rotatable bonds is 4. The summed E-state index contributed by atoms with van der Waals surface area (Å²) in [4.78, 5) is 0. The molecule has 0 aliphatic heterocycles. The first-order valence-electron chi connectivity index (χ1n) is 7.16. The molecule has 0 aromatic heterocycles.